The van der Waals surface area contributed by atoms with E-state index in [2.05, 4.69) is 48.0 Å². The topological polar surface area (TPSA) is 12.0 Å². The van der Waals surface area contributed by atoms with Crippen LogP contribution in [0.1, 0.15) is 19.3 Å². The third-order valence-electron chi connectivity index (χ3n) is 3.07. The predicted molar refractivity (Wildman–Crippen MR) is 73.2 cm³/mol. The molecule has 0 amide bonds. The summed E-state index contributed by atoms with van der Waals surface area (Å²) < 4.78 is 0. The van der Waals surface area contributed by atoms with E-state index in [4.69, 9.17) is 0 Å². The normalized spacial score (nSPS) is 19.7. The zero-order valence-electron chi connectivity index (χ0n) is 9.78. The highest BCUT2D eigenvalue weighted by Gasteiger charge is 2.09. The van der Waals surface area contributed by atoms with Crippen molar-refractivity contribution >= 4 is 17.4 Å². The number of hydrogen-bond acceptors (Lipinski definition) is 2. The molecule has 0 spiro atoms. The van der Waals surface area contributed by atoms with Crippen molar-refractivity contribution in [1.29, 1.82) is 0 Å². The minimum atomic E-state index is 0.805. The van der Waals surface area contributed by atoms with E-state index in [-0.39, 0.29) is 0 Å². The molecule has 1 aromatic rings. The number of anilines is 1. The van der Waals surface area contributed by atoms with Crippen LogP contribution >= 0.6 is 11.8 Å². The number of thioether (sulfide) groups is 1. The fourth-order valence-electron chi connectivity index (χ4n) is 2.09. The molecule has 1 nitrogen and oxygen atoms in total. The van der Waals surface area contributed by atoms with Crippen molar-refractivity contribution in [3.63, 3.8) is 0 Å². The fourth-order valence-corrected chi connectivity index (χ4v) is 2.66. The number of benzene rings is 1. The van der Waals surface area contributed by atoms with Crippen molar-refractivity contribution in [1.82, 2.24) is 0 Å². The van der Waals surface area contributed by atoms with Crippen LogP contribution in [0.3, 0.4) is 0 Å². The third-order valence-corrected chi connectivity index (χ3v) is 3.86. The van der Waals surface area contributed by atoms with E-state index in [1.54, 1.807) is 11.8 Å². The standard InChI is InChI=1S/C14H19NS/c1-16-14-10-6-5-9-13(14)15-11-12-7-3-2-4-8-12/h2-3,5-6,9-10,12,15H,4,7-8,11H2,1H3. The first-order valence-corrected chi connectivity index (χ1v) is 7.14. The summed E-state index contributed by atoms with van der Waals surface area (Å²) in [5.41, 5.74) is 1.28. The Kier molecular flexibility index (Phi) is 4.34. The molecule has 0 aliphatic heterocycles. The minimum Gasteiger partial charge on any atom is -0.384 e. The van der Waals surface area contributed by atoms with Crippen molar-refractivity contribution in [2.24, 2.45) is 5.92 Å². The molecule has 1 aromatic carbocycles. The van der Waals surface area contributed by atoms with Gasteiger partial charge in [-0.3, -0.25) is 0 Å². The van der Waals surface area contributed by atoms with Gasteiger partial charge >= 0.3 is 0 Å². The molecule has 1 unspecified atom stereocenters. The maximum absolute atomic E-state index is 3.58. The first-order chi connectivity index (χ1) is 7.90. The average molecular weight is 233 g/mol. The zero-order valence-corrected chi connectivity index (χ0v) is 10.6. The van der Waals surface area contributed by atoms with Crippen LogP contribution in [0.25, 0.3) is 0 Å². The van der Waals surface area contributed by atoms with E-state index < -0.39 is 0 Å². The molecule has 0 aromatic heterocycles. The third kappa shape index (κ3) is 3.05. The summed E-state index contributed by atoms with van der Waals surface area (Å²) >= 11 is 1.81. The summed E-state index contributed by atoms with van der Waals surface area (Å²) in [6.45, 7) is 1.10. The second-order valence-electron chi connectivity index (χ2n) is 4.23. The van der Waals surface area contributed by atoms with Crippen LogP contribution in [-0.2, 0) is 0 Å². The molecule has 86 valence electrons. The first-order valence-electron chi connectivity index (χ1n) is 5.92. The second kappa shape index (κ2) is 6.00. The highest BCUT2D eigenvalue weighted by atomic mass is 32.2. The second-order valence-corrected chi connectivity index (χ2v) is 5.08. The Bertz CT molecular complexity index is 360. The Morgan fingerprint density at radius 1 is 1.31 bits per heavy atom. The Hall–Kier alpha value is -0.890. The lowest BCUT2D eigenvalue weighted by molar-refractivity contribution is 0.504. The van der Waals surface area contributed by atoms with Crippen molar-refractivity contribution in [3.8, 4) is 0 Å². The average Bonchev–Trinajstić information content (AvgIpc) is 2.38. The summed E-state index contributed by atoms with van der Waals surface area (Å²) in [5, 5.41) is 3.58. The molecule has 0 radical (unpaired) electrons. The summed E-state index contributed by atoms with van der Waals surface area (Å²) in [5.74, 6) is 0.805. The van der Waals surface area contributed by atoms with Crippen LogP contribution in [0.4, 0.5) is 5.69 Å². The molecule has 0 fully saturated rings. The van der Waals surface area contributed by atoms with Crippen LogP contribution < -0.4 is 5.32 Å². The highest BCUT2D eigenvalue weighted by Crippen LogP contribution is 2.26. The monoisotopic (exact) mass is 233 g/mol. The van der Waals surface area contributed by atoms with E-state index in [1.807, 2.05) is 0 Å². The minimum absolute atomic E-state index is 0.805. The molecule has 0 heterocycles. The molecule has 1 N–H and O–H groups in total. The van der Waals surface area contributed by atoms with E-state index in [0.29, 0.717) is 0 Å². The Morgan fingerprint density at radius 2 is 2.19 bits per heavy atom. The zero-order chi connectivity index (χ0) is 11.2. The summed E-state index contributed by atoms with van der Waals surface area (Å²) in [6, 6.07) is 8.54. The smallest absolute Gasteiger partial charge is 0.0478 e. The largest absolute Gasteiger partial charge is 0.384 e. The molecule has 0 bridgehead atoms. The lowest BCUT2D eigenvalue weighted by atomic mass is 9.94. The van der Waals surface area contributed by atoms with Gasteiger partial charge in [-0.05, 0) is 43.6 Å². The van der Waals surface area contributed by atoms with Crippen LogP contribution in [0.15, 0.2) is 41.3 Å². The van der Waals surface area contributed by atoms with Crippen molar-refractivity contribution < 1.29 is 0 Å². The Labute approximate surface area is 102 Å². The van der Waals surface area contributed by atoms with Gasteiger partial charge < -0.3 is 5.32 Å². The number of para-hydroxylation sites is 1. The van der Waals surface area contributed by atoms with Gasteiger partial charge in [0.2, 0.25) is 0 Å². The number of nitrogens with one attached hydrogen (secondary N) is 1. The highest BCUT2D eigenvalue weighted by molar-refractivity contribution is 7.98. The maximum atomic E-state index is 3.58. The van der Waals surface area contributed by atoms with E-state index >= 15 is 0 Å². The van der Waals surface area contributed by atoms with E-state index in [1.165, 1.54) is 29.8 Å². The van der Waals surface area contributed by atoms with E-state index in [9.17, 15) is 0 Å². The van der Waals surface area contributed by atoms with Gasteiger partial charge in [0.15, 0.2) is 0 Å². The van der Waals surface area contributed by atoms with Gasteiger partial charge in [-0.25, -0.2) is 0 Å². The van der Waals surface area contributed by atoms with Gasteiger partial charge in [0.05, 0.1) is 0 Å². The molecule has 16 heavy (non-hydrogen) atoms. The summed E-state index contributed by atoms with van der Waals surface area (Å²) in [4.78, 5) is 1.34. The van der Waals surface area contributed by atoms with Crippen molar-refractivity contribution in [3.05, 3.63) is 36.4 Å². The summed E-state index contributed by atoms with van der Waals surface area (Å²) in [6.07, 6.45) is 10.5. The van der Waals surface area contributed by atoms with Crippen LogP contribution in [0, 0.1) is 5.92 Å². The van der Waals surface area contributed by atoms with Gasteiger partial charge in [-0.15, -0.1) is 11.8 Å². The molecule has 0 saturated carbocycles. The quantitative estimate of drug-likeness (QED) is 0.618. The van der Waals surface area contributed by atoms with Crippen LogP contribution in [0.5, 0.6) is 0 Å². The lowest BCUT2D eigenvalue weighted by Crippen LogP contribution is -2.15. The maximum Gasteiger partial charge on any atom is 0.0478 e. The molecule has 0 saturated heterocycles. The van der Waals surface area contributed by atoms with Crippen molar-refractivity contribution in [2.45, 2.75) is 24.2 Å². The molecular weight excluding hydrogens is 214 g/mol. The molecule has 1 aliphatic rings. The van der Waals surface area contributed by atoms with Gasteiger partial charge in [-0.1, -0.05) is 24.3 Å². The Morgan fingerprint density at radius 3 is 2.94 bits per heavy atom. The number of allylic oxidation sites excluding steroid dienone is 2. The number of hydrogen-bond donors (Lipinski definition) is 1. The van der Waals surface area contributed by atoms with Crippen LogP contribution in [0.2, 0.25) is 0 Å². The SMILES string of the molecule is CSc1ccccc1NCC1CC=CCC1. The van der Waals surface area contributed by atoms with Gasteiger partial charge in [0.25, 0.3) is 0 Å². The molecule has 2 heteroatoms. The van der Waals surface area contributed by atoms with E-state index in [0.717, 1.165) is 12.5 Å². The lowest BCUT2D eigenvalue weighted by Gasteiger charge is -2.19. The number of rotatable bonds is 4. The van der Waals surface area contributed by atoms with Gasteiger partial charge in [0.1, 0.15) is 0 Å². The molecule has 1 atom stereocenters. The molecule has 2 rings (SSSR count). The van der Waals surface area contributed by atoms with Crippen LogP contribution in [-0.4, -0.2) is 12.8 Å². The Balaban J connectivity index is 1.91. The molecule has 1 aliphatic carbocycles. The van der Waals surface area contributed by atoms with Gasteiger partial charge in [-0.2, -0.15) is 0 Å². The van der Waals surface area contributed by atoms with Gasteiger partial charge in [0, 0.05) is 17.1 Å². The predicted octanol–water partition coefficient (Wildman–Crippen LogP) is 4.18. The molecular formula is C14H19NS. The fraction of sp³-hybridized carbons (Fsp3) is 0.429. The van der Waals surface area contributed by atoms with Crippen molar-refractivity contribution in [2.75, 3.05) is 18.1 Å². The first kappa shape index (κ1) is 11.6. The summed E-state index contributed by atoms with van der Waals surface area (Å²) in [7, 11) is 0.